The highest BCUT2D eigenvalue weighted by Crippen LogP contribution is 2.23. The van der Waals surface area contributed by atoms with Gasteiger partial charge < -0.3 is 5.73 Å². The Morgan fingerprint density at radius 1 is 0.900 bits per heavy atom. The zero-order valence-corrected chi connectivity index (χ0v) is 11.7. The van der Waals surface area contributed by atoms with Crippen molar-refractivity contribution in [3.05, 3.63) is 65.7 Å². The number of hydrogen-bond acceptors (Lipinski definition) is 2. The molecule has 0 amide bonds. The lowest BCUT2D eigenvalue weighted by molar-refractivity contribution is 0.892. The van der Waals surface area contributed by atoms with E-state index in [1.165, 1.54) is 11.1 Å². The third kappa shape index (κ3) is 2.30. The van der Waals surface area contributed by atoms with Crippen molar-refractivity contribution in [2.45, 2.75) is 13.8 Å². The molecule has 0 spiro atoms. The highest BCUT2D eigenvalue weighted by atomic mass is 15.3. The summed E-state index contributed by atoms with van der Waals surface area (Å²) in [5.41, 5.74) is 11.5. The first-order valence-electron chi connectivity index (χ1n) is 6.63. The third-order valence-corrected chi connectivity index (χ3v) is 3.26. The minimum Gasteiger partial charge on any atom is -0.384 e. The van der Waals surface area contributed by atoms with Gasteiger partial charge in [-0.05, 0) is 37.1 Å². The number of rotatable bonds is 2. The Bertz CT molecular complexity index is 722. The molecule has 1 aromatic heterocycles. The van der Waals surface area contributed by atoms with Crippen LogP contribution in [0.15, 0.2) is 54.6 Å². The van der Waals surface area contributed by atoms with Crippen molar-refractivity contribution in [3.8, 4) is 16.9 Å². The van der Waals surface area contributed by atoms with E-state index >= 15 is 0 Å². The van der Waals surface area contributed by atoms with E-state index in [4.69, 9.17) is 5.73 Å². The summed E-state index contributed by atoms with van der Waals surface area (Å²) in [6.45, 7) is 4.16. The predicted octanol–water partition coefficient (Wildman–Crippen LogP) is 3.74. The normalized spacial score (nSPS) is 10.7. The van der Waals surface area contributed by atoms with Gasteiger partial charge in [-0.25, -0.2) is 4.68 Å². The van der Waals surface area contributed by atoms with Crippen LogP contribution in [0.4, 0.5) is 5.82 Å². The van der Waals surface area contributed by atoms with Crippen molar-refractivity contribution in [2.24, 2.45) is 0 Å². The standard InChI is InChI=1S/C17H17N3/c1-12-8-13(2)10-15(9-12)20-17(18)11-16(19-20)14-6-4-3-5-7-14/h3-11H,18H2,1-2H3. The lowest BCUT2D eigenvalue weighted by Gasteiger charge is -2.06. The van der Waals surface area contributed by atoms with Crippen LogP contribution in [-0.4, -0.2) is 9.78 Å². The van der Waals surface area contributed by atoms with Crippen LogP contribution in [-0.2, 0) is 0 Å². The van der Waals surface area contributed by atoms with Crippen LogP contribution in [0, 0.1) is 13.8 Å². The van der Waals surface area contributed by atoms with Gasteiger partial charge in [-0.2, -0.15) is 5.10 Å². The number of nitrogens with zero attached hydrogens (tertiary/aromatic N) is 2. The molecule has 100 valence electrons. The largest absolute Gasteiger partial charge is 0.384 e. The Balaban J connectivity index is 2.09. The lowest BCUT2D eigenvalue weighted by atomic mass is 10.1. The molecule has 2 aromatic carbocycles. The SMILES string of the molecule is Cc1cc(C)cc(-n2nc(-c3ccccc3)cc2N)c1. The van der Waals surface area contributed by atoms with E-state index in [1.54, 1.807) is 4.68 Å². The molecule has 0 saturated heterocycles. The number of aromatic nitrogens is 2. The van der Waals surface area contributed by atoms with Crippen LogP contribution in [0.2, 0.25) is 0 Å². The molecule has 20 heavy (non-hydrogen) atoms. The summed E-state index contributed by atoms with van der Waals surface area (Å²) < 4.78 is 1.79. The Morgan fingerprint density at radius 2 is 1.55 bits per heavy atom. The van der Waals surface area contributed by atoms with Crippen molar-refractivity contribution >= 4 is 5.82 Å². The first kappa shape index (κ1) is 12.5. The summed E-state index contributed by atoms with van der Waals surface area (Å²) in [4.78, 5) is 0. The summed E-state index contributed by atoms with van der Waals surface area (Å²) in [6.07, 6.45) is 0. The second-order valence-corrected chi connectivity index (χ2v) is 5.08. The quantitative estimate of drug-likeness (QED) is 0.765. The minimum atomic E-state index is 0.647. The van der Waals surface area contributed by atoms with Crippen molar-refractivity contribution in [1.82, 2.24) is 9.78 Å². The van der Waals surface area contributed by atoms with Crippen LogP contribution in [0.1, 0.15) is 11.1 Å². The molecule has 0 atom stereocenters. The van der Waals surface area contributed by atoms with Gasteiger partial charge >= 0.3 is 0 Å². The fourth-order valence-corrected chi connectivity index (χ4v) is 2.43. The van der Waals surface area contributed by atoms with Gasteiger partial charge in [-0.3, -0.25) is 0 Å². The molecule has 3 heteroatoms. The maximum atomic E-state index is 6.11. The number of nitrogens with two attached hydrogens (primary N) is 1. The monoisotopic (exact) mass is 263 g/mol. The number of hydrogen-bond donors (Lipinski definition) is 1. The first-order valence-corrected chi connectivity index (χ1v) is 6.63. The van der Waals surface area contributed by atoms with Crippen molar-refractivity contribution in [3.63, 3.8) is 0 Å². The summed E-state index contributed by atoms with van der Waals surface area (Å²) in [7, 11) is 0. The summed E-state index contributed by atoms with van der Waals surface area (Å²) in [5.74, 6) is 0.647. The molecule has 0 bridgehead atoms. The average Bonchev–Trinajstić information content (AvgIpc) is 2.81. The topological polar surface area (TPSA) is 43.8 Å². The molecule has 0 aliphatic rings. The van der Waals surface area contributed by atoms with Gasteiger partial charge in [0.25, 0.3) is 0 Å². The van der Waals surface area contributed by atoms with Gasteiger partial charge in [0.1, 0.15) is 5.82 Å². The van der Waals surface area contributed by atoms with E-state index in [2.05, 4.69) is 37.1 Å². The van der Waals surface area contributed by atoms with Crippen LogP contribution >= 0.6 is 0 Å². The number of aryl methyl sites for hydroxylation is 2. The molecule has 3 nitrogen and oxygen atoms in total. The molecule has 0 aliphatic heterocycles. The second kappa shape index (κ2) is 4.85. The van der Waals surface area contributed by atoms with E-state index in [0.717, 1.165) is 16.9 Å². The minimum absolute atomic E-state index is 0.647. The zero-order valence-electron chi connectivity index (χ0n) is 11.7. The van der Waals surface area contributed by atoms with Gasteiger partial charge in [-0.1, -0.05) is 36.4 Å². The van der Waals surface area contributed by atoms with E-state index in [0.29, 0.717) is 5.82 Å². The van der Waals surface area contributed by atoms with Gasteiger partial charge in [-0.15, -0.1) is 0 Å². The van der Waals surface area contributed by atoms with Crippen LogP contribution < -0.4 is 5.73 Å². The molecule has 1 heterocycles. The number of nitrogen functional groups attached to an aromatic ring is 1. The van der Waals surface area contributed by atoms with Crippen LogP contribution in [0.3, 0.4) is 0 Å². The van der Waals surface area contributed by atoms with Gasteiger partial charge in [0.05, 0.1) is 11.4 Å². The molecular formula is C17H17N3. The molecule has 0 unspecified atom stereocenters. The van der Waals surface area contributed by atoms with Gasteiger partial charge in [0.15, 0.2) is 0 Å². The maximum absolute atomic E-state index is 6.11. The van der Waals surface area contributed by atoms with E-state index in [9.17, 15) is 0 Å². The Kier molecular flexibility index (Phi) is 3.03. The number of anilines is 1. The molecule has 0 fully saturated rings. The molecular weight excluding hydrogens is 246 g/mol. The first-order chi connectivity index (χ1) is 9.63. The van der Waals surface area contributed by atoms with E-state index in [1.807, 2.05) is 36.4 Å². The predicted molar refractivity (Wildman–Crippen MR) is 82.9 cm³/mol. The second-order valence-electron chi connectivity index (χ2n) is 5.08. The highest BCUT2D eigenvalue weighted by Gasteiger charge is 2.09. The van der Waals surface area contributed by atoms with Gasteiger partial charge in [0.2, 0.25) is 0 Å². The van der Waals surface area contributed by atoms with Crippen LogP contribution in [0.5, 0.6) is 0 Å². The highest BCUT2D eigenvalue weighted by molar-refractivity contribution is 5.63. The molecule has 3 rings (SSSR count). The van der Waals surface area contributed by atoms with Crippen molar-refractivity contribution in [2.75, 3.05) is 5.73 Å². The molecule has 0 saturated carbocycles. The molecule has 3 aromatic rings. The third-order valence-electron chi connectivity index (χ3n) is 3.26. The smallest absolute Gasteiger partial charge is 0.127 e. The Morgan fingerprint density at radius 3 is 2.20 bits per heavy atom. The fourth-order valence-electron chi connectivity index (χ4n) is 2.43. The summed E-state index contributed by atoms with van der Waals surface area (Å²) >= 11 is 0. The Hall–Kier alpha value is -2.55. The Labute approximate surface area is 118 Å². The molecule has 0 radical (unpaired) electrons. The average molecular weight is 263 g/mol. The fraction of sp³-hybridized carbons (Fsp3) is 0.118. The molecule has 2 N–H and O–H groups in total. The van der Waals surface area contributed by atoms with Crippen molar-refractivity contribution in [1.29, 1.82) is 0 Å². The van der Waals surface area contributed by atoms with Crippen molar-refractivity contribution < 1.29 is 0 Å². The zero-order chi connectivity index (χ0) is 14.1. The maximum Gasteiger partial charge on any atom is 0.127 e. The summed E-state index contributed by atoms with van der Waals surface area (Å²) in [5, 5.41) is 4.62. The molecule has 0 aliphatic carbocycles. The van der Waals surface area contributed by atoms with E-state index < -0.39 is 0 Å². The lowest BCUT2D eigenvalue weighted by Crippen LogP contribution is -2.02. The van der Waals surface area contributed by atoms with Crippen LogP contribution in [0.25, 0.3) is 16.9 Å². The number of benzene rings is 2. The van der Waals surface area contributed by atoms with E-state index in [-0.39, 0.29) is 0 Å². The summed E-state index contributed by atoms with van der Waals surface area (Å²) in [6, 6.07) is 18.3. The van der Waals surface area contributed by atoms with Gasteiger partial charge in [0, 0.05) is 11.6 Å².